The van der Waals surface area contributed by atoms with Gasteiger partial charge in [-0.05, 0) is 140 Å². The molecule has 0 aliphatic rings. The maximum atomic E-state index is 14.3. The summed E-state index contributed by atoms with van der Waals surface area (Å²) in [6.07, 6.45) is -4.70. The second-order valence-corrected chi connectivity index (χ2v) is 20.0. The Balaban J connectivity index is 1.14. The van der Waals surface area contributed by atoms with Gasteiger partial charge in [0.25, 0.3) is 0 Å². The van der Waals surface area contributed by atoms with Gasteiger partial charge in [-0.2, -0.15) is 18.4 Å². The lowest BCUT2D eigenvalue weighted by atomic mass is 9.93. The number of halogens is 3. The van der Waals surface area contributed by atoms with Crippen LogP contribution >= 0.6 is 0 Å². The molecular formula is C73H37F3N8. The molecule has 11 aromatic carbocycles. The molecule has 0 saturated carbocycles. The predicted octanol–water partition coefficient (Wildman–Crippen LogP) is 21.5. The number of aromatic nitrogens is 2. The molecule has 2 aromatic heterocycles. The molecule has 0 bridgehead atoms. The van der Waals surface area contributed by atoms with Crippen molar-refractivity contribution in [1.29, 1.82) is 5.26 Å². The number of hydrogen-bond donors (Lipinski definition) is 0. The number of alkyl halides is 3. The molecule has 0 amide bonds. The minimum atomic E-state index is -4.70. The maximum absolute atomic E-state index is 14.3. The molecule has 390 valence electrons. The van der Waals surface area contributed by atoms with E-state index in [2.05, 4.69) is 63.7 Å². The number of para-hydroxylation sites is 3. The van der Waals surface area contributed by atoms with E-state index in [9.17, 15) is 18.4 Å². The first-order valence-corrected chi connectivity index (χ1v) is 26.3. The largest absolute Gasteiger partial charge is 0.415 e. The highest BCUT2D eigenvalue weighted by Gasteiger charge is 2.32. The van der Waals surface area contributed by atoms with Crippen molar-refractivity contribution in [2.75, 3.05) is 0 Å². The van der Waals surface area contributed by atoms with Crippen LogP contribution in [0, 0.1) is 44.2 Å². The molecule has 84 heavy (non-hydrogen) atoms. The van der Waals surface area contributed by atoms with Crippen LogP contribution in [-0.2, 0) is 6.18 Å². The van der Waals surface area contributed by atoms with E-state index in [1.165, 1.54) is 6.07 Å². The SMILES string of the molecule is [C-]#[N+]c1ccccc1-c1ccc2c(c1)c1cc(-c3ccccc3[N+]#[C-])ccc1n2-c1ccc(-c2ccc(C(F)(F)F)cc2[N+]#[C-])cc1-c1c([N+]#[C-])cccc1-n1c2ccc(-c3ccccc3C#N)cc2c2cc(-c3ccccc3[N+]#[C-])ccc21. The average molecular weight is 1080 g/mol. The Labute approximate surface area is 480 Å². The van der Waals surface area contributed by atoms with Gasteiger partial charge < -0.3 is 9.13 Å². The molecule has 0 N–H and O–H groups in total. The topological polar surface area (TPSA) is 55.5 Å². The smallest absolute Gasteiger partial charge is 0.310 e. The lowest BCUT2D eigenvalue weighted by molar-refractivity contribution is -0.137. The minimum absolute atomic E-state index is 0.203. The van der Waals surface area contributed by atoms with E-state index in [4.69, 9.17) is 32.9 Å². The van der Waals surface area contributed by atoms with Crippen molar-refractivity contribution in [3.05, 3.63) is 293 Å². The summed E-state index contributed by atoms with van der Waals surface area (Å²) in [6.45, 7) is 41.3. The summed E-state index contributed by atoms with van der Waals surface area (Å²) in [6, 6.07) is 70.3. The Morgan fingerprint density at radius 2 is 0.714 bits per heavy atom. The van der Waals surface area contributed by atoms with Crippen molar-refractivity contribution in [2.45, 2.75) is 6.18 Å². The molecule has 0 aliphatic carbocycles. The Morgan fingerprint density at radius 3 is 1.17 bits per heavy atom. The first kappa shape index (κ1) is 51.2. The van der Waals surface area contributed by atoms with Crippen molar-refractivity contribution in [2.24, 2.45) is 0 Å². The van der Waals surface area contributed by atoms with Crippen LogP contribution in [0.2, 0.25) is 0 Å². The highest BCUT2D eigenvalue weighted by molar-refractivity contribution is 6.15. The van der Waals surface area contributed by atoms with E-state index < -0.39 is 11.7 Å². The molecule has 13 aromatic rings. The third kappa shape index (κ3) is 8.43. The molecule has 0 unspecified atom stereocenters. The van der Waals surface area contributed by atoms with Crippen LogP contribution < -0.4 is 0 Å². The number of nitrogens with zero attached hydrogens (tertiary/aromatic N) is 8. The van der Waals surface area contributed by atoms with Crippen LogP contribution in [0.1, 0.15) is 11.1 Å². The first-order chi connectivity index (χ1) is 41.0. The molecule has 2 heterocycles. The number of fused-ring (bicyclic) bond motifs is 6. The molecule has 8 nitrogen and oxygen atoms in total. The maximum Gasteiger partial charge on any atom is 0.415 e. The first-order valence-electron chi connectivity index (χ1n) is 26.3. The standard InChI is InChI=1S/C73H37F3N8/c1-78-61-20-11-8-17-52(61)45-26-33-66-57(38-45)58-39-46(53-18-9-12-21-62(53)79-2)27-34-67(58)83(66)70-36-29-48(55-31-30-50(73(74,75)76)42-65(55)82-5)41-60(70)72-64(81-4)23-14-24-71(72)84-68-32-25-44(51-16-7-6-15-49(51)43-77)37-56(68)59-40-47(28-35-69(59)84)54-19-10-13-22-63(54)80-3/h6-42H. The zero-order valence-corrected chi connectivity index (χ0v) is 44.1. The van der Waals surface area contributed by atoms with Crippen molar-refractivity contribution in [1.82, 2.24) is 9.13 Å². The van der Waals surface area contributed by atoms with E-state index in [0.29, 0.717) is 50.7 Å². The molecule has 0 atom stereocenters. The monoisotopic (exact) mass is 1080 g/mol. The second kappa shape index (κ2) is 20.4. The summed E-state index contributed by atoms with van der Waals surface area (Å²) in [5, 5.41) is 13.6. The van der Waals surface area contributed by atoms with Gasteiger partial charge in [0.2, 0.25) is 0 Å². The fraction of sp³-hybridized carbons (Fsp3) is 0.0137. The highest BCUT2D eigenvalue weighted by atomic mass is 19.4. The van der Waals surface area contributed by atoms with Crippen LogP contribution in [-0.4, -0.2) is 9.13 Å². The molecular weight excluding hydrogens is 1050 g/mol. The highest BCUT2D eigenvalue weighted by Crippen LogP contribution is 2.49. The average Bonchev–Trinajstić information content (AvgIpc) is 2.31. The zero-order chi connectivity index (χ0) is 57.8. The third-order valence-corrected chi connectivity index (χ3v) is 15.5. The zero-order valence-electron chi connectivity index (χ0n) is 44.1. The minimum Gasteiger partial charge on any atom is -0.310 e. The van der Waals surface area contributed by atoms with E-state index in [-0.39, 0.29) is 16.9 Å². The summed E-state index contributed by atoms with van der Waals surface area (Å²) in [5.41, 5.74) is 13.2. The molecule has 0 saturated heterocycles. The van der Waals surface area contributed by atoms with Crippen LogP contribution in [0.4, 0.5) is 41.6 Å². The van der Waals surface area contributed by atoms with Crippen molar-refractivity contribution in [3.63, 3.8) is 0 Å². The Morgan fingerprint density at radius 1 is 0.333 bits per heavy atom. The lowest BCUT2D eigenvalue weighted by Gasteiger charge is -2.21. The van der Waals surface area contributed by atoms with Gasteiger partial charge in [-0.1, -0.05) is 146 Å². The van der Waals surface area contributed by atoms with Crippen molar-refractivity contribution >= 4 is 72.0 Å². The second-order valence-electron chi connectivity index (χ2n) is 20.0. The fourth-order valence-corrected chi connectivity index (χ4v) is 11.7. The normalized spacial score (nSPS) is 11.2. The van der Waals surface area contributed by atoms with E-state index in [0.717, 1.165) is 100 Å². The number of nitriles is 1. The number of benzene rings is 11. The Bertz CT molecular complexity index is 5000. The third-order valence-electron chi connectivity index (χ3n) is 15.5. The predicted molar refractivity (Wildman–Crippen MR) is 329 cm³/mol. The summed E-state index contributed by atoms with van der Waals surface area (Å²) >= 11 is 0. The quantitative estimate of drug-likeness (QED) is 0.140. The fourth-order valence-electron chi connectivity index (χ4n) is 11.7. The Hall–Kier alpha value is -12.3. The molecule has 0 radical (unpaired) electrons. The van der Waals surface area contributed by atoms with Crippen LogP contribution in [0.25, 0.3) is 146 Å². The van der Waals surface area contributed by atoms with Crippen LogP contribution in [0.15, 0.2) is 224 Å². The van der Waals surface area contributed by atoms with Crippen LogP contribution in [0.5, 0.6) is 0 Å². The Kier molecular flexibility index (Phi) is 12.5. The van der Waals surface area contributed by atoms with Gasteiger partial charge in [-0.25, -0.2) is 24.2 Å². The summed E-state index contributed by atoms with van der Waals surface area (Å²) in [7, 11) is 0. The molecule has 0 spiro atoms. The van der Waals surface area contributed by atoms with Gasteiger partial charge in [-0.3, -0.25) is 0 Å². The van der Waals surface area contributed by atoms with Gasteiger partial charge in [0.05, 0.1) is 72.2 Å². The molecule has 13 rings (SSSR count). The van der Waals surface area contributed by atoms with E-state index in [1.54, 1.807) is 36.4 Å². The summed E-state index contributed by atoms with van der Waals surface area (Å²) in [5.74, 6) is 0. The van der Waals surface area contributed by atoms with E-state index in [1.807, 2.05) is 146 Å². The molecule has 0 aliphatic heterocycles. The number of rotatable bonds is 8. The van der Waals surface area contributed by atoms with Crippen LogP contribution in [0.3, 0.4) is 0 Å². The van der Waals surface area contributed by atoms with Crippen molar-refractivity contribution in [3.8, 4) is 84.2 Å². The van der Waals surface area contributed by atoms with Gasteiger partial charge in [-0.15, -0.1) is 0 Å². The van der Waals surface area contributed by atoms with Gasteiger partial charge >= 0.3 is 6.18 Å². The molecule has 0 fully saturated rings. The van der Waals surface area contributed by atoms with Gasteiger partial charge in [0, 0.05) is 38.4 Å². The van der Waals surface area contributed by atoms with Gasteiger partial charge in [0.15, 0.2) is 28.4 Å². The van der Waals surface area contributed by atoms with Crippen molar-refractivity contribution < 1.29 is 13.2 Å². The molecule has 11 heteroatoms. The summed E-state index contributed by atoms with van der Waals surface area (Å²) in [4.78, 5) is 19.4. The summed E-state index contributed by atoms with van der Waals surface area (Å²) < 4.78 is 47.1. The lowest BCUT2D eigenvalue weighted by Crippen LogP contribution is -2.04. The van der Waals surface area contributed by atoms with Gasteiger partial charge in [0.1, 0.15) is 0 Å². The van der Waals surface area contributed by atoms with E-state index >= 15 is 0 Å². The number of hydrogen-bond acceptors (Lipinski definition) is 1.